The van der Waals surface area contributed by atoms with Crippen molar-refractivity contribution >= 4 is 23.6 Å². The molecular formula is C9H15NO3S. The molecule has 0 aromatic carbocycles. The van der Waals surface area contributed by atoms with Crippen molar-refractivity contribution in [3.8, 4) is 0 Å². The maximum absolute atomic E-state index is 10.6. The third-order valence-electron chi connectivity index (χ3n) is 1.97. The predicted molar refractivity (Wildman–Crippen MR) is 57.0 cm³/mol. The average Bonchev–Trinajstić information content (AvgIpc) is 2.66. The van der Waals surface area contributed by atoms with Gasteiger partial charge in [-0.1, -0.05) is 6.92 Å². The van der Waals surface area contributed by atoms with Crippen LogP contribution in [0.25, 0.3) is 0 Å². The zero-order valence-electron chi connectivity index (χ0n) is 8.40. The number of ether oxygens (including phenoxy) is 1. The average molecular weight is 217 g/mol. The summed E-state index contributed by atoms with van der Waals surface area (Å²) in [6.07, 6.45) is 0. The molecule has 1 N–H and O–H groups in total. The molecule has 0 spiro atoms. The van der Waals surface area contributed by atoms with Gasteiger partial charge < -0.3 is 9.84 Å². The standard InChI is InChI=1S/C9H15NO3S/c1-6(8-10-3-4-13-8)5-14-7(2)9(11)12/h6-7H,3-5H2,1-2H3,(H,11,12). The summed E-state index contributed by atoms with van der Waals surface area (Å²) in [6, 6.07) is 0. The van der Waals surface area contributed by atoms with Gasteiger partial charge in [-0.05, 0) is 6.92 Å². The molecule has 14 heavy (non-hydrogen) atoms. The van der Waals surface area contributed by atoms with Crippen LogP contribution in [0.3, 0.4) is 0 Å². The Morgan fingerprint density at radius 2 is 2.43 bits per heavy atom. The maximum atomic E-state index is 10.6. The van der Waals surface area contributed by atoms with Gasteiger partial charge >= 0.3 is 5.97 Å². The zero-order chi connectivity index (χ0) is 10.6. The first-order chi connectivity index (χ1) is 6.61. The Kier molecular flexibility index (Phi) is 4.25. The number of hydrogen-bond donors (Lipinski definition) is 1. The first-order valence-electron chi connectivity index (χ1n) is 4.63. The van der Waals surface area contributed by atoms with Crippen LogP contribution in [0, 0.1) is 5.92 Å². The normalized spacial score (nSPS) is 19.7. The van der Waals surface area contributed by atoms with Crippen molar-refractivity contribution < 1.29 is 14.6 Å². The van der Waals surface area contributed by atoms with Crippen molar-refractivity contribution in [2.24, 2.45) is 10.9 Å². The number of thioether (sulfide) groups is 1. The fourth-order valence-corrected chi connectivity index (χ4v) is 1.94. The lowest BCUT2D eigenvalue weighted by molar-refractivity contribution is -0.136. The second-order valence-electron chi connectivity index (χ2n) is 3.28. The van der Waals surface area contributed by atoms with Crippen molar-refractivity contribution in [1.29, 1.82) is 0 Å². The zero-order valence-corrected chi connectivity index (χ0v) is 9.21. The van der Waals surface area contributed by atoms with E-state index in [1.807, 2.05) is 6.92 Å². The van der Waals surface area contributed by atoms with E-state index in [0.717, 1.165) is 18.2 Å². The molecule has 0 radical (unpaired) electrons. The summed E-state index contributed by atoms with van der Waals surface area (Å²) in [4.78, 5) is 14.7. The van der Waals surface area contributed by atoms with Crippen LogP contribution < -0.4 is 0 Å². The van der Waals surface area contributed by atoms with Crippen molar-refractivity contribution in [3.05, 3.63) is 0 Å². The fourth-order valence-electron chi connectivity index (χ4n) is 1.08. The van der Waals surface area contributed by atoms with E-state index in [9.17, 15) is 4.79 Å². The molecule has 1 heterocycles. The molecule has 2 unspecified atom stereocenters. The van der Waals surface area contributed by atoms with Crippen LogP contribution in [0.2, 0.25) is 0 Å². The molecule has 0 fully saturated rings. The van der Waals surface area contributed by atoms with Crippen LogP contribution in [0.5, 0.6) is 0 Å². The van der Waals surface area contributed by atoms with Crippen molar-refractivity contribution in [3.63, 3.8) is 0 Å². The number of hydrogen-bond acceptors (Lipinski definition) is 4. The molecule has 0 aromatic heterocycles. The lowest BCUT2D eigenvalue weighted by Gasteiger charge is -2.12. The Bertz CT molecular complexity index is 242. The Morgan fingerprint density at radius 1 is 1.71 bits per heavy atom. The highest BCUT2D eigenvalue weighted by atomic mass is 32.2. The van der Waals surface area contributed by atoms with Crippen molar-refractivity contribution in [1.82, 2.24) is 0 Å². The minimum absolute atomic E-state index is 0.212. The Hall–Kier alpha value is -0.710. The molecule has 0 bridgehead atoms. The van der Waals surface area contributed by atoms with Gasteiger partial charge in [-0.2, -0.15) is 0 Å². The molecule has 1 aliphatic heterocycles. The number of aliphatic carboxylic acids is 1. The summed E-state index contributed by atoms with van der Waals surface area (Å²) >= 11 is 1.42. The van der Waals surface area contributed by atoms with Gasteiger partial charge in [0.1, 0.15) is 6.61 Å². The molecule has 1 aliphatic rings. The second kappa shape index (κ2) is 5.24. The van der Waals surface area contributed by atoms with E-state index in [1.165, 1.54) is 11.8 Å². The van der Waals surface area contributed by atoms with Gasteiger partial charge in [0.15, 0.2) is 5.90 Å². The van der Waals surface area contributed by atoms with E-state index in [0.29, 0.717) is 6.61 Å². The lowest BCUT2D eigenvalue weighted by atomic mass is 10.2. The number of nitrogens with zero attached hydrogens (tertiary/aromatic N) is 1. The summed E-state index contributed by atoms with van der Waals surface area (Å²) in [6.45, 7) is 5.10. The van der Waals surface area contributed by atoms with E-state index in [-0.39, 0.29) is 11.2 Å². The van der Waals surface area contributed by atoms with E-state index < -0.39 is 5.97 Å². The SMILES string of the molecule is CC(CSC(C)C(=O)O)C1=NCCO1. The van der Waals surface area contributed by atoms with Crippen molar-refractivity contribution in [2.75, 3.05) is 18.9 Å². The van der Waals surface area contributed by atoms with Crippen LogP contribution in [0.4, 0.5) is 0 Å². The number of carbonyl (C=O) groups is 1. The van der Waals surface area contributed by atoms with Crippen LogP contribution in [0.15, 0.2) is 4.99 Å². The largest absolute Gasteiger partial charge is 0.480 e. The Labute approximate surface area is 87.7 Å². The van der Waals surface area contributed by atoms with Crippen LogP contribution in [-0.4, -0.2) is 41.1 Å². The third-order valence-corrected chi connectivity index (χ3v) is 3.37. The second-order valence-corrected chi connectivity index (χ2v) is 4.66. The maximum Gasteiger partial charge on any atom is 0.316 e. The van der Waals surface area contributed by atoms with Crippen LogP contribution >= 0.6 is 11.8 Å². The molecule has 0 aliphatic carbocycles. The highest BCUT2D eigenvalue weighted by molar-refractivity contribution is 8.00. The predicted octanol–water partition coefficient (Wildman–Crippen LogP) is 1.26. The molecule has 5 heteroatoms. The van der Waals surface area contributed by atoms with Gasteiger partial charge in [0, 0.05) is 11.7 Å². The Morgan fingerprint density at radius 3 is 2.93 bits per heavy atom. The molecule has 80 valence electrons. The molecule has 4 nitrogen and oxygen atoms in total. The van der Waals surface area contributed by atoms with Crippen molar-refractivity contribution in [2.45, 2.75) is 19.1 Å². The summed E-state index contributed by atoms with van der Waals surface area (Å²) in [5.74, 6) is 0.961. The molecule has 0 saturated carbocycles. The highest BCUT2D eigenvalue weighted by Crippen LogP contribution is 2.17. The molecule has 0 saturated heterocycles. The van der Waals surface area contributed by atoms with E-state index in [4.69, 9.17) is 9.84 Å². The van der Waals surface area contributed by atoms with Gasteiger partial charge in [-0.25, -0.2) is 0 Å². The minimum Gasteiger partial charge on any atom is -0.480 e. The topological polar surface area (TPSA) is 58.9 Å². The molecule has 2 atom stereocenters. The quantitative estimate of drug-likeness (QED) is 0.753. The summed E-state index contributed by atoms with van der Waals surface area (Å²) in [7, 11) is 0. The van der Waals surface area contributed by atoms with Crippen LogP contribution in [0.1, 0.15) is 13.8 Å². The summed E-state index contributed by atoms with van der Waals surface area (Å²) in [5, 5.41) is 8.32. The van der Waals surface area contributed by atoms with Gasteiger partial charge in [0.2, 0.25) is 0 Å². The number of aliphatic imine (C=N–C) groups is 1. The fraction of sp³-hybridized carbons (Fsp3) is 0.778. The number of carboxylic acids is 1. The van der Waals surface area contributed by atoms with E-state index in [2.05, 4.69) is 4.99 Å². The summed E-state index contributed by atoms with van der Waals surface area (Å²) in [5.41, 5.74) is 0. The van der Waals surface area contributed by atoms with E-state index in [1.54, 1.807) is 6.92 Å². The monoisotopic (exact) mass is 217 g/mol. The lowest BCUT2D eigenvalue weighted by Crippen LogP contribution is -2.18. The van der Waals surface area contributed by atoms with Gasteiger partial charge in [-0.3, -0.25) is 9.79 Å². The highest BCUT2D eigenvalue weighted by Gasteiger charge is 2.19. The van der Waals surface area contributed by atoms with Crippen LogP contribution in [-0.2, 0) is 9.53 Å². The van der Waals surface area contributed by atoms with Gasteiger partial charge in [0.25, 0.3) is 0 Å². The number of rotatable bonds is 5. The first kappa shape index (κ1) is 11.4. The third kappa shape index (κ3) is 3.21. The number of carboxylic acid groups (broad SMARTS) is 1. The molecule has 1 rings (SSSR count). The summed E-state index contributed by atoms with van der Waals surface area (Å²) < 4.78 is 5.30. The molecule has 0 aromatic rings. The van der Waals surface area contributed by atoms with Gasteiger partial charge in [0.05, 0.1) is 11.8 Å². The molecular weight excluding hydrogens is 202 g/mol. The smallest absolute Gasteiger partial charge is 0.316 e. The molecule has 0 amide bonds. The van der Waals surface area contributed by atoms with E-state index >= 15 is 0 Å². The Balaban J connectivity index is 2.27. The minimum atomic E-state index is -0.767. The first-order valence-corrected chi connectivity index (χ1v) is 5.67. The van der Waals surface area contributed by atoms with Gasteiger partial charge in [-0.15, -0.1) is 11.8 Å².